The predicted octanol–water partition coefficient (Wildman–Crippen LogP) is 13.7. The Labute approximate surface area is 462 Å². The molecule has 1 aliphatic rings. The lowest BCUT2D eigenvalue weighted by molar-refractivity contribution is -0.162. The first-order valence-electron chi connectivity index (χ1n) is 30.1. The number of aliphatic hydroxyl groups excluding tert-OH is 1. The fraction of sp³-hybridized carbons (Fsp3) is 0.881. The van der Waals surface area contributed by atoms with Crippen LogP contribution < -0.4 is 11.5 Å². The molecule has 1 rings (SSSR count). The van der Waals surface area contributed by atoms with E-state index in [2.05, 4.69) is 27.7 Å². The zero-order valence-corrected chi connectivity index (χ0v) is 49.3. The molecule has 1 amide bonds. The molecule has 8 N–H and O–H groups in total. The Morgan fingerprint density at radius 2 is 0.813 bits per heavy atom. The number of ketones is 3. The summed E-state index contributed by atoms with van der Waals surface area (Å²) >= 11 is 0. The molecule has 438 valence electrons. The number of unbranched alkanes of at least 4 members (excludes halogenated alkanes) is 32. The van der Waals surface area contributed by atoms with E-state index in [-0.39, 0.29) is 50.3 Å². The van der Waals surface area contributed by atoms with Crippen LogP contribution in [0.2, 0.25) is 0 Å². The molecule has 0 aromatic carbocycles. The van der Waals surface area contributed by atoms with Crippen molar-refractivity contribution in [3.8, 4) is 0 Å². The van der Waals surface area contributed by atoms with E-state index < -0.39 is 63.7 Å². The Morgan fingerprint density at radius 1 is 0.493 bits per heavy atom. The van der Waals surface area contributed by atoms with Crippen LogP contribution in [-0.4, -0.2) is 107 Å². The normalized spacial score (nSPS) is 16.3. The van der Waals surface area contributed by atoms with Gasteiger partial charge in [-0.3, -0.25) is 28.8 Å². The van der Waals surface area contributed by atoms with Gasteiger partial charge in [0.1, 0.15) is 12.1 Å². The maximum Gasteiger partial charge on any atom is 0.337 e. The average Bonchev–Trinajstić information content (AvgIpc) is 3.76. The summed E-state index contributed by atoms with van der Waals surface area (Å²) in [6, 6.07) is -2.91. The Morgan fingerprint density at radius 3 is 1.13 bits per heavy atom. The number of nitrogens with zero attached hydrogens (tertiary/aromatic N) is 1. The van der Waals surface area contributed by atoms with Crippen LogP contribution in [0, 0.1) is 0 Å². The molecule has 0 bridgehead atoms. The lowest BCUT2D eigenvalue weighted by atomic mass is 9.85. The highest BCUT2D eigenvalue weighted by Crippen LogP contribution is 2.43. The zero-order valence-electron chi connectivity index (χ0n) is 47.7. The quantitative estimate of drug-likeness (QED) is 0.0188. The minimum absolute atomic E-state index is 0.0603. The van der Waals surface area contributed by atoms with Gasteiger partial charge in [-0.2, -0.15) is 0 Å². The molecule has 0 radical (unpaired) electrons. The third-order valence-electron chi connectivity index (χ3n) is 14.8. The van der Waals surface area contributed by atoms with Gasteiger partial charge in [0.05, 0.1) is 6.10 Å². The Hall–Kier alpha value is -2.53. The number of Topliss-reactive ketones (excluding diaryl/α,β-unsaturated/α-hetero) is 3. The fourth-order valence-corrected chi connectivity index (χ4v) is 13.2. The van der Waals surface area contributed by atoms with Crippen molar-refractivity contribution in [1.29, 1.82) is 0 Å². The summed E-state index contributed by atoms with van der Waals surface area (Å²) in [7, 11) is 1.69. The van der Waals surface area contributed by atoms with Crippen molar-refractivity contribution >= 4 is 62.8 Å². The van der Waals surface area contributed by atoms with Crippen molar-refractivity contribution in [2.24, 2.45) is 11.5 Å². The summed E-state index contributed by atoms with van der Waals surface area (Å²) in [6.07, 6.45) is 39.5. The molecule has 1 saturated heterocycles. The van der Waals surface area contributed by atoms with E-state index in [9.17, 15) is 48.9 Å². The van der Waals surface area contributed by atoms with Gasteiger partial charge in [0.2, 0.25) is 11.4 Å². The van der Waals surface area contributed by atoms with Crippen LogP contribution in [0.25, 0.3) is 0 Å². The molecule has 4 atom stereocenters. The summed E-state index contributed by atoms with van der Waals surface area (Å²) in [5, 5.41) is 39.1. The highest BCUT2D eigenvalue weighted by Gasteiger charge is 2.58. The van der Waals surface area contributed by atoms with E-state index in [4.69, 9.17) is 16.6 Å². The Balaban J connectivity index is 0.00000153. The summed E-state index contributed by atoms with van der Waals surface area (Å²) in [5.74, 6) is -5.73. The molecular formula is C59H109N3O11S2. The molecule has 0 saturated carbocycles. The number of hydrogen-bond donors (Lipinski definition) is 6. The second-order valence-corrected chi connectivity index (χ2v) is 24.1. The van der Waals surface area contributed by atoms with Gasteiger partial charge >= 0.3 is 17.9 Å². The number of aliphatic carboxylic acids is 3. The number of nitrogens with two attached hydrogens (primary N) is 2. The van der Waals surface area contributed by atoms with Crippen LogP contribution in [-0.2, 0) is 33.6 Å². The topological polar surface area (TPSA) is 256 Å². The van der Waals surface area contributed by atoms with Crippen LogP contribution >= 0.6 is 21.6 Å². The standard InChI is InChI=1S/C37H69NO5.C22H40N2O6S2/c1-3-5-7-9-11-13-15-17-19-21-23-25-27-29-34(40)37(36(42)43)31-33(39)32-38(37)35(41)30-28-26-24-22-20-18-16-14-12-10-8-6-4-2;1-3-5-7-9-11-13-17(25)22(19(24)21(29)30,32-31-15-16(23)20(27)28)18(26)14-12-10-8-6-4-2/h33,39H,3-32H2,1-2H3,(H,42,43);16,19H,3-15,23-24H2,1-2H3,(H,27,28)(H,29,30)/t33-,37-;16-,19+/m10/s1. The minimum atomic E-state index is -1.95. The largest absolute Gasteiger partial charge is 0.480 e. The number of carbonyl (C=O) groups is 7. The molecule has 0 spiro atoms. The van der Waals surface area contributed by atoms with Gasteiger partial charge in [-0.05, 0) is 25.7 Å². The molecule has 1 fully saturated rings. The monoisotopic (exact) mass is 1100 g/mol. The first kappa shape index (κ1) is 72.5. The molecule has 14 nitrogen and oxygen atoms in total. The van der Waals surface area contributed by atoms with Crippen LogP contribution in [0.4, 0.5) is 0 Å². The van der Waals surface area contributed by atoms with Crippen molar-refractivity contribution in [3.63, 3.8) is 0 Å². The predicted molar refractivity (Wildman–Crippen MR) is 309 cm³/mol. The molecule has 1 aliphatic heterocycles. The number of carboxylic acids is 3. The van der Waals surface area contributed by atoms with Gasteiger partial charge in [-0.15, -0.1) is 0 Å². The molecular weight excluding hydrogens is 991 g/mol. The number of rotatable bonds is 51. The molecule has 0 aromatic rings. The Bertz CT molecular complexity index is 1530. The lowest BCUT2D eigenvalue weighted by Gasteiger charge is -2.33. The van der Waals surface area contributed by atoms with E-state index in [1.54, 1.807) is 0 Å². The van der Waals surface area contributed by atoms with E-state index in [0.29, 0.717) is 25.7 Å². The van der Waals surface area contributed by atoms with E-state index in [0.717, 1.165) is 105 Å². The van der Waals surface area contributed by atoms with Crippen LogP contribution in [0.3, 0.4) is 0 Å². The number of carboxylic acid groups (broad SMARTS) is 3. The van der Waals surface area contributed by atoms with Gasteiger partial charge in [0.25, 0.3) is 0 Å². The van der Waals surface area contributed by atoms with Crippen LogP contribution in [0.5, 0.6) is 0 Å². The smallest absolute Gasteiger partial charge is 0.337 e. The summed E-state index contributed by atoms with van der Waals surface area (Å²) in [4.78, 5) is 89.4. The third-order valence-corrected chi connectivity index (χ3v) is 17.9. The number of carbonyl (C=O) groups excluding carboxylic acids is 4. The SMILES string of the molecule is CCCCCCCC(=O)C(SSC[C@H](N)C(=O)O)(C(=O)CCCCCCC)[C@H](N)C(=O)O.CCCCCCCCCCCCCCCC(=O)N1C[C@H](O)C[C@]1(C(=O)O)C(=O)CCCCCCCCCCCCCCC. The zero-order chi connectivity index (χ0) is 56.2. The first-order chi connectivity index (χ1) is 36.0. The van der Waals surface area contributed by atoms with E-state index in [1.807, 2.05) is 0 Å². The first-order valence-corrected chi connectivity index (χ1v) is 32.5. The molecule has 1 heterocycles. The third kappa shape index (κ3) is 31.0. The van der Waals surface area contributed by atoms with Gasteiger partial charge < -0.3 is 36.8 Å². The van der Waals surface area contributed by atoms with Crippen molar-refractivity contribution in [2.45, 2.75) is 319 Å². The van der Waals surface area contributed by atoms with Crippen molar-refractivity contribution < 1.29 is 54.0 Å². The highest BCUT2D eigenvalue weighted by molar-refractivity contribution is 8.77. The number of hydrogen-bond acceptors (Lipinski definition) is 12. The number of β-amino-alcohol motifs (C(OH)–C–C–N with tert-alkyl or cyclic N) is 1. The highest BCUT2D eigenvalue weighted by atomic mass is 33.1. The number of likely N-dealkylation sites (tertiary alicyclic amines) is 1. The van der Waals surface area contributed by atoms with Gasteiger partial charge in [-0.1, -0.05) is 255 Å². The van der Waals surface area contributed by atoms with Gasteiger partial charge in [0, 0.05) is 44.4 Å². The van der Waals surface area contributed by atoms with Crippen molar-refractivity contribution in [1.82, 2.24) is 4.90 Å². The summed E-state index contributed by atoms with van der Waals surface area (Å²) in [5.41, 5.74) is 9.59. The average molecular weight is 1100 g/mol. The fourth-order valence-electron chi connectivity index (χ4n) is 9.96. The molecule has 0 aliphatic carbocycles. The molecule has 0 aromatic heterocycles. The Kier molecular flexibility index (Phi) is 44.8. The van der Waals surface area contributed by atoms with Crippen molar-refractivity contribution in [2.75, 3.05) is 12.3 Å². The number of aliphatic hydroxyl groups is 1. The van der Waals surface area contributed by atoms with Crippen LogP contribution in [0.15, 0.2) is 0 Å². The summed E-state index contributed by atoms with van der Waals surface area (Å²) in [6.45, 7) is 8.59. The van der Waals surface area contributed by atoms with Crippen LogP contribution in [0.1, 0.15) is 291 Å². The van der Waals surface area contributed by atoms with Crippen molar-refractivity contribution in [3.05, 3.63) is 0 Å². The second-order valence-electron chi connectivity index (χ2n) is 21.5. The van der Waals surface area contributed by atoms with Gasteiger partial charge in [-0.25, -0.2) is 4.79 Å². The number of amides is 1. The summed E-state index contributed by atoms with van der Waals surface area (Å²) < 4.78 is -1.95. The van der Waals surface area contributed by atoms with Gasteiger partial charge in [0.15, 0.2) is 22.1 Å². The molecule has 75 heavy (non-hydrogen) atoms. The molecule has 16 heteroatoms. The second kappa shape index (κ2) is 46.4. The lowest BCUT2D eigenvalue weighted by Crippen LogP contribution is -2.60. The minimum Gasteiger partial charge on any atom is -0.480 e. The maximum absolute atomic E-state index is 13.3. The maximum atomic E-state index is 13.3. The van der Waals surface area contributed by atoms with E-state index >= 15 is 0 Å². The molecule has 0 unspecified atom stereocenters. The van der Waals surface area contributed by atoms with E-state index in [1.165, 1.54) is 127 Å².